The maximum absolute atomic E-state index is 12.9. The summed E-state index contributed by atoms with van der Waals surface area (Å²) in [6.45, 7) is 5.30. The zero-order chi connectivity index (χ0) is 18.3. The summed E-state index contributed by atoms with van der Waals surface area (Å²) in [6, 6.07) is 0.00720. The Morgan fingerprint density at radius 1 is 1.31 bits per heavy atom. The fourth-order valence-electron chi connectivity index (χ4n) is 3.84. The molecule has 0 spiro atoms. The van der Waals surface area contributed by atoms with E-state index in [0.717, 1.165) is 29.9 Å². The van der Waals surface area contributed by atoms with Gasteiger partial charge in [-0.3, -0.25) is 9.59 Å². The molecule has 5 heterocycles. The average molecular weight is 359 g/mol. The van der Waals surface area contributed by atoms with Gasteiger partial charge >= 0.3 is 0 Å². The van der Waals surface area contributed by atoms with Crippen LogP contribution in [0.25, 0.3) is 0 Å². The second kappa shape index (κ2) is 6.50. The highest BCUT2D eigenvalue weighted by molar-refractivity contribution is 5.83. The molecular weight excluding hydrogens is 338 g/mol. The van der Waals surface area contributed by atoms with Gasteiger partial charge in [0.15, 0.2) is 0 Å². The van der Waals surface area contributed by atoms with E-state index >= 15 is 0 Å². The van der Waals surface area contributed by atoms with Crippen molar-refractivity contribution in [2.75, 3.05) is 13.1 Å². The molecule has 0 unspecified atom stereocenters. The van der Waals surface area contributed by atoms with Gasteiger partial charge in [-0.2, -0.15) is 0 Å². The maximum Gasteiger partial charge on any atom is 0.244 e. The van der Waals surface area contributed by atoms with Gasteiger partial charge in [-0.05, 0) is 37.1 Å². The number of piperidine rings is 1. The van der Waals surface area contributed by atoms with E-state index in [1.807, 2.05) is 18.7 Å². The number of aryl methyl sites for hydroxylation is 2. The number of hydrogen-bond acceptors (Lipinski definition) is 7. The molecule has 26 heavy (non-hydrogen) atoms. The zero-order valence-corrected chi connectivity index (χ0v) is 14.8. The molecule has 0 radical (unpaired) electrons. The van der Waals surface area contributed by atoms with Gasteiger partial charge in [0.1, 0.15) is 18.6 Å². The van der Waals surface area contributed by atoms with Crippen LogP contribution in [-0.4, -0.2) is 66.1 Å². The van der Waals surface area contributed by atoms with Gasteiger partial charge in [0.25, 0.3) is 0 Å². The molecule has 2 amide bonds. The lowest BCUT2D eigenvalue weighted by atomic mass is 9.93. The standard InChI is InChI=1S/C16H21N7O3/c1-10-14(11(2)26-18-10)7-23-13-4-3-12(16(23)25)5-21(6-13)15(24)8-22-9-17-19-20-22/h9,12-13H,3-8H2,1-2H3/t12-,13+/m0/s1. The Bertz CT molecular complexity index is 796. The van der Waals surface area contributed by atoms with Crippen LogP contribution in [0.15, 0.2) is 10.9 Å². The van der Waals surface area contributed by atoms with Crippen molar-refractivity contribution in [2.45, 2.75) is 45.8 Å². The summed E-state index contributed by atoms with van der Waals surface area (Å²) in [7, 11) is 0. The van der Waals surface area contributed by atoms with Crippen molar-refractivity contribution in [2.24, 2.45) is 5.92 Å². The highest BCUT2D eigenvalue weighted by Crippen LogP contribution is 2.31. The van der Waals surface area contributed by atoms with Crippen LogP contribution in [0.4, 0.5) is 0 Å². The normalized spacial score (nSPS) is 22.8. The van der Waals surface area contributed by atoms with Crippen molar-refractivity contribution in [3.05, 3.63) is 23.3 Å². The Morgan fingerprint density at radius 3 is 2.85 bits per heavy atom. The van der Waals surface area contributed by atoms with Gasteiger partial charge < -0.3 is 14.3 Å². The summed E-state index contributed by atoms with van der Waals surface area (Å²) < 4.78 is 6.63. The lowest BCUT2D eigenvalue weighted by molar-refractivity contribution is -0.140. The summed E-state index contributed by atoms with van der Waals surface area (Å²) in [6.07, 6.45) is 3.13. The predicted octanol–water partition coefficient (Wildman–Crippen LogP) is -0.0725. The second-order valence-electron chi connectivity index (χ2n) is 7.00. The minimum absolute atomic E-state index is 0.00720. The number of carbonyl (C=O) groups excluding carboxylic acids is 2. The molecule has 3 saturated heterocycles. The fraction of sp³-hybridized carbons (Fsp3) is 0.625. The van der Waals surface area contributed by atoms with Crippen LogP contribution in [0, 0.1) is 19.8 Å². The van der Waals surface area contributed by atoms with E-state index in [9.17, 15) is 9.59 Å². The first-order valence-corrected chi connectivity index (χ1v) is 8.73. The van der Waals surface area contributed by atoms with E-state index in [2.05, 4.69) is 20.7 Å². The summed E-state index contributed by atoms with van der Waals surface area (Å²) in [5, 5.41) is 14.8. The number of rotatable bonds is 4. The summed E-state index contributed by atoms with van der Waals surface area (Å²) in [5.74, 6) is 0.620. The molecule has 138 valence electrons. The number of carbonyl (C=O) groups is 2. The van der Waals surface area contributed by atoms with Crippen LogP contribution in [0.1, 0.15) is 29.9 Å². The largest absolute Gasteiger partial charge is 0.361 e. The molecule has 2 bridgehead atoms. The van der Waals surface area contributed by atoms with E-state index < -0.39 is 0 Å². The molecule has 5 rings (SSSR count). The summed E-state index contributed by atoms with van der Waals surface area (Å²) in [4.78, 5) is 29.2. The van der Waals surface area contributed by atoms with Gasteiger partial charge in [-0.25, -0.2) is 4.68 Å². The monoisotopic (exact) mass is 359 g/mol. The summed E-state index contributed by atoms with van der Waals surface area (Å²) >= 11 is 0. The van der Waals surface area contributed by atoms with Crippen molar-refractivity contribution in [3.8, 4) is 0 Å². The van der Waals surface area contributed by atoms with E-state index in [4.69, 9.17) is 4.52 Å². The third-order valence-corrected chi connectivity index (χ3v) is 5.34. The van der Waals surface area contributed by atoms with E-state index in [1.54, 1.807) is 4.90 Å². The fourth-order valence-corrected chi connectivity index (χ4v) is 3.84. The first kappa shape index (κ1) is 16.7. The van der Waals surface area contributed by atoms with Crippen molar-refractivity contribution >= 4 is 11.8 Å². The summed E-state index contributed by atoms with van der Waals surface area (Å²) in [5.41, 5.74) is 1.76. The minimum Gasteiger partial charge on any atom is -0.361 e. The third kappa shape index (κ3) is 2.95. The second-order valence-corrected chi connectivity index (χ2v) is 7.00. The number of amides is 2. The molecule has 3 aliphatic heterocycles. The Labute approximate surface area is 150 Å². The quantitative estimate of drug-likeness (QED) is 0.751. The number of nitrogens with zero attached hydrogens (tertiary/aromatic N) is 7. The number of tetrazole rings is 1. The number of hydrogen-bond donors (Lipinski definition) is 0. The Balaban J connectivity index is 1.52. The van der Waals surface area contributed by atoms with E-state index in [-0.39, 0.29) is 30.3 Å². The van der Waals surface area contributed by atoms with Crippen LogP contribution in [0.2, 0.25) is 0 Å². The predicted molar refractivity (Wildman–Crippen MR) is 87.4 cm³/mol. The van der Waals surface area contributed by atoms with Crippen LogP contribution < -0.4 is 0 Å². The lowest BCUT2D eigenvalue weighted by Gasteiger charge is -2.35. The number of aromatic nitrogens is 5. The SMILES string of the molecule is Cc1noc(C)c1CN1C(=O)[C@H]2CC[C@@H]1CN(C(=O)Cn1cnnn1)C2. The molecule has 0 aliphatic carbocycles. The molecule has 0 N–H and O–H groups in total. The lowest BCUT2D eigenvalue weighted by Crippen LogP contribution is -2.47. The molecule has 3 aliphatic rings. The number of fused-ring (bicyclic) bond motifs is 4. The van der Waals surface area contributed by atoms with Crippen molar-refractivity contribution in [1.82, 2.24) is 35.2 Å². The molecule has 0 aromatic carbocycles. The van der Waals surface area contributed by atoms with E-state index in [0.29, 0.717) is 19.6 Å². The van der Waals surface area contributed by atoms with Gasteiger partial charge in [0, 0.05) is 24.7 Å². The highest BCUT2D eigenvalue weighted by atomic mass is 16.5. The van der Waals surface area contributed by atoms with Crippen molar-refractivity contribution in [1.29, 1.82) is 0 Å². The Hall–Kier alpha value is -2.78. The third-order valence-electron chi connectivity index (χ3n) is 5.34. The molecule has 0 saturated carbocycles. The molecule has 2 atom stereocenters. The Kier molecular flexibility index (Phi) is 4.17. The smallest absolute Gasteiger partial charge is 0.244 e. The molecule has 2 aromatic heterocycles. The molecule has 2 aromatic rings. The van der Waals surface area contributed by atoms with Gasteiger partial charge in [0.05, 0.1) is 18.2 Å². The van der Waals surface area contributed by atoms with Crippen LogP contribution in [0.5, 0.6) is 0 Å². The van der Waals surface area contributed by atoms with Crippen LogP contribution in [-0.2, 0) is 22.7 Å². The molecule has 3 fully saturated rings. The highest BCUT2D eigenvalue weighted by Gasteiger charge is 2.42. The average Bonchev–Trinajstić information content (AvgIpc) is 3.13. The zero-order valence-electron chi connectivity index (χ0n) is 14.8. The van der Waals surface area contributed by atoms with Gasteiger partial charge in [0.2, 0.25) is 11.8 Å². The topological polar surface area (TPSA) is 110 Å². The van der Waals surface area contributed by atoms with Crippen LogP contribution in [0.3, 0.4) is 0 Å². The first-order chi connectivity index (χ1) is 12.5. The van der Waals surface area contributed by atoms with Gasteiger partial charge in [-0.15, -0.1) is 5.10 Å². The molecule has 10 heteroatoms. The molecular formula is C16H21N7O3. The first-order valence-electron chi connectivity index (χ1n) is 8.73. The van der Waals surface area contributed by atoms with Crippen LogP contribution >= 0.6 is 0 Å². The Morgan fingerprint density at radius 2 is 2.15 bits per heavy atom. The van der Waals surface area contributed by atoms with Crippen molar-refractivity contribution in [3.63, 3.8) is 0 Å². The molecule has 10 nitrogen and oxygen atoms in total. The van der Waals surface area contributed by atoms with E-state index in [1.165, 1.54) is 11.0 Å². The maximum atomic E-state index is 12.9. The van der Waals surface area contributed by atoms with Crippen molar-refractivity contribution < 1.29 is 14.1 Å². The minimum atomic E-state index is -0.160. The van der Waals surface area contributed by atoms with Gasteiger partial charge in [-0.1, -0.05) is 5.16 Å².